The van der Waals surface area contributed by atoms with Crippen LogP contribution < -0.4 is 14.2 Å². The Morgan fingerprint density at radius 3 is 2.64 bits per heavy atom. The van der Waals surface area contributed by atoms with Crippen LogP contribution in [0.25, 0.3) is 10.8 Å². The summed E-state index contributed by atoms with van der Waals surface area (Å²) in [4.78, 5) is 16.9. The summed E-state index contributed by atoms with van der Waals surface area (Å²) >= 11 is 5.66. The first-order valence-electron chi connectivity index (χ1n) is 13.5. The summed E-state index contributed by atoms with van der Waals surface area (Å²) in [5.41, 5.74) is 3.13. The number of halogens is 2. The van der Waals surface area contributed by atoms with E-state index in [2.05, 4.69) is 72.9 Å². The predicted molar refractivity (Wildman–Crippen MR) is 176 cm³/mol. The molecule has 0 saturated heterocycles. The molecule has 12 heteroatoms. The number of benzene rings is 3. The Kier molecular flexibility index (Phi) is 9.87. The Morgan fingerprint density at radius 1 is 1.14 bits per heavy atom. The molecule has 0 fully saturated rings. The lowest BCUT2D eigenvalue weighted by molar-refractivity contribution is -0.136. The van der Waals surface area contributed by atoms with Crippen molar-refractivity contribution in [3.63, 3.8) is 0 Å². The van der Waals surface area contributed by atoms with E-state index in [1.807, 2.05) is 30.3 Å². The van der Waals surface area contributed by atoms with Crippen molar-refractivity contribution in [1.29, 1.82) is 5.26 Å². The number of hydrazone groups is 1. The molecular formula is C32H28BrIN4O6. The Morgan fingerprint density at radius 2 is 1.91 bits per heavy atom. The molecule has 1 aromatic heterocycles. The highest BCUT2D eigenvalue weighted by Gasteiger charge is 2.34. The van der Waals surface area contributed by atoms with Crippen molar-refractivity contribution in [2.45, 2.75) is 33.3 Å². The second-order valence-electron chi connectivity index (χ2n) is 9.78. The molecule has 0 radical (unpaired) electrons. The lowest BCUT2D eigenvalue weighted by Gasteiger charge is -2.20. The van der Waals surface area contributed by atoms with Crippen LogP contribution >= 0.6 is 38.5 Å². The summed E-state index contributed by atoms with van der Waals surface area (Å²) in [6, 6.07) is 20.0. The zero-order chi connectivity index (χ0) is 31.4. The highest BCUT2D eigenvalue weighted by atomic mass is 127. The van der Waals surface area contributed by atoms with Gasteiger partial charge in [0.05, 0.1) is 23.0 Å². The molecular weight excluding hydrogens is 743 g/mol. The highest BCUT2D eigenvalue weighted by molar-refractivity contribution is 14.1. The van der Waals surface area contributed by atoms with Gasteiger partial charge in [-0.3, -0.25) is 4.79 Å². The monoisotopic (exact) mass is 770 g/mol. The fourth-order valence-electron chi connectivity index (χ4n) is 4.78. The number of aryl methyl sites for hydroxylation is 1. The van der Waals surface area contributed by atoms with Gasteiger partial charge in [-0.25, -0.2) is 4.98 Å². The van der Waals surface area contributed by atoms with Crippen LogP contribution in [0.5, 0.6) is 17.4 Å². The van der Waals surface area contributed by atoms with Gasteiger partial charge in [0.25, 0.3) is 0 Å². The molecule has 5 rings (SSSR count). The number of fused-ring (bicyclic) bond motifs is 1. The van der Waals surface area contributed by atoms with Crippen molar-refractivity contribution >= 4 is 61.1 Å². The van der Waals surface area contributed by atoms with Crippen molar-refractivity contribution in [2.75, 3.05) is 20.8 Å². The van der Waals surface area contributed by atoms with Gasteiger partial charge < -0.3 is 23.7 Å². The zero-order valence-corrected chi connectivity index (χ0v) is 28.1. The summed E-state index contributed by atoms with van der Waals surface area (Å²) in [6.45, 7) is 3.59. The van der Waals surface area contributed by atoms with E-state index >= 15 is 0 Å². The fourth-order valence-corrected chi connectivity index (χ4v) is 5.94. The maximum absolute atomic E-state index is 12.5. The molecule has 1 atom stereocenters. The third kappa shape index (κ3) is 6.45. The summed E-state index contributed by atoms with van der Waals surface area (Å²) < 4.78 is 30.7. The van der Waals surface area contributed by atoms with Crippen molar-refractivity contribution in [1.82, 2.24) is 9.99 Å². The summed E-state index contributed by atoms with van der Waals surface area (Å²) in [6.07, 6.45) is -0.892. The normalized spacial score (nSPS) is 14.2. The van der Waals surface area contributed by atoms with Crippen LogP contribution in [0, 0.1) is 21.8 Å². The topological polar surface area (TPSA) is 116 Å². The number of carbonyl (C=O) groups excluding carboxylic acids is 1. The summed E-state index contributed by atoms with van der Waals surface area (Å²) in [5, 5.41) is 17.7. The van der Waals surface area contributed by atoms with E-state index in [9.17, 15) is 10.1 Å². The molecule has 2 heterocycles. The number of hydrogen-bond donors (Lipinski definition) is 0. The van der Waals surface area contributed by atoms with Crippen LogP contribution in [-0.2, 0) is 27.5 Å². The largest absolute Gasteiger partial charge is 0.493 e. The van der Waals surface area contributed by atoms with E-state index in [4.69, 9.17) is 23.7 Å². The van der Waals surface area contributed by atoms with Crippen LogP contribution in [0.1, 0.15) is 34.9 Å². The Balaban J connectivity index is 1.36. The number of nitriles is 1. The minimum Gasteiger partial charge on any atom is -0.493 e. The second-order valence-corrected chi connectivity index (χ2v) is 11.7. The van der Waals surface area contributed by atoms with Gasteiger partial charge >= 0.3 is 0 Å². The van der Waals surface area contributed by atoms with E-state index in [0.717, 1.165) is 19.9 Å². The lowest BCUT2D eigenvalue weighted by atomic mass is 10.1. The summed E-state index contributed by atoms with van der Waals surface area (Å²) in [7, 11) is 3.10. The molecule has 0 spiro atoms. The molecule has 4 aromatic rings. The highest BCUT2D eigenvalue weighted by Crippen LogP contribution is 2.36. The van der Waals surface area contributed by atoms with Crippen molar-refractivity contribution in [2.24, 2.45) is 5.10 Å². The van der Waals surface area contributed by atoms with Gasteiger partial charge in [0.15, 0.2) is 11.5 Å². The Hall–Kier alpha value is -3.93. The predicted octanol–water partition coefficient (Wildman–Crippen LogP) is 6.46. The molecule has 1 aliphatic rings. The van der Waals surface area contributed by atoms with Crippen LogP contribution in [0.2, 0.25) is 0 Å². The number of ether oxygens (including phenoxy) is 5. The minimum absolute atomic E-state index is 0.115. The molecule has 0 bridgehead atoms. The third-order valence-corrected chi connectivity index (χ3v) is 8.75. The van der Waals surface area contributed by atoms with E-state index in [1.165, 1.54) is 11.9 Å². The number of pyridine rings is 1. The molecule has 226 valence electrons. The number of amides is 1. The molecule has 0 saturated carbocycles. The molecule has 44 heavy (non-hydrogen) atoms. The fraction of sp³-hybridized carbons (Fsp3) is 0.250. The number of aromatic nitrogens is 1. The van der Waals surface area contributed by atoms with Gasteiger partial charge in [0, 0.05) is 29.6 Å². The van der Waals surface area contributed by atoms with Crippen molar-refractivity contribution < 1.29 is 28.5 Å². The number of nitrogens with zero attached hydrogens (tertiary/aromatic N) is 4. The molecule has 1 aliphatic heterocycles. The van der Waals surface area contributed by atoms with Gasteiger partial charge in [0.1, 0.15) is 24.8 Å². The van der Waals surface area contributed by atoms with Gasteiger partial charge in [-0.05, 0) is 73.9 Å². The molecule has 10 nitrogen and oxygen atoms in total. The number of methoxy groups -OCH3 is 2. The Bertz CT molecular complexity index is 1800. The maximum atomic E-state index is 12.5. The molecule has 0 aliphatic carbocycles. The number of rotatable bonds is 10. The third-order valence-electron chi connectivity index (χ3n) is 6.90. The molecule has 3 aromatic carbocycles. The van der Waals surface area contributed by atoms with Crippen LogP contribution in [0.4, 0.5) is 0 Å². The smallest absolute Gasteiger partial charge is 0.243 e. The average Bonchev–Trinajstić information content (AvgIpc) is 3.46. The van der Waals surface area contributed by atoms with E-state index < -0.39 is 6.23 Å². The van der Waals surface area contributed by atoms with Crippen LogP contribution in [-0.4, -0.2) is 48.9 Å². The van der Waals surface area contributed by atoms with Crippen LogP contribution in [0.15, 0.2) is 64.2 Å². The van der Waals surface area contributed by atoms with Gasteiger partial charge in [-0.15, -0.1) is 5.10 Å². The zero-order valence-electron chi connectivity index (χ0n) is 24.4. The first kappa shape index (κ1) is 31.5. The standard InChI is InChI=1S/C32H28BrIN4O6/c1-18-29(33)25(16-40-3)24(14-35)32(36-18)43-17-28-38(19(2)39)37-31(44-28)22-12-26(34)30(27(13-22)41-4)42-15-21-10-7-9-20-8-5-6-11-23(20)21/h5-13,28H,15-17H2,1-4H3/t28-/m0/s1. The van der Waals surface area contributed by atoms with Crippen molar-refractivity contribution in [3.8, 4) is 23.4 Å². The van der Waals surface area contributed by atoms with E-state index in [-0.39, 0.29) is 36.5 Å². The van der Waals surface area contributed by atoms with Crippen molar-refractivity contribution in [3.05, 3.63) is 90.6 Å². The maximum Gasteiger partial charge on any atom is 0.243 e. The number of hydrogen-bond acceptors (Lipinski definition) is 9. The summed E-state index contributed by atoms with van der Waals surface area (Å²) in [5.74, 6) is 1.06. The molecule has 0 N–H and O–H groups in total. The Labute approximate surface area is 276 Å². The molecule has 1 amide bonds. The molecule has 0 unspecified atom stereocenters. The minimum atomic E-state index is -0.892. The van der Waals surface area contributed by atoms with Gasteiger partial charge in [0.2, 0.25) is 23.9 Å². The first-order valence-corrected chi connectivity index (χ1v) is 15.4. The first-order chi connectivity index (χ1) is 21.2. The second kappa shape index (κ2) is 13.8. The lowest BCUT2D eigenvalue weighted by Crippen LogP contribution is -2.37. The van der Waals surface area contributed by atoms with Gasteiger partial charge in [-0.1, -0.05) is 42.5 Å². The quantitative estimate of drug-likeness (QED) is 0.169. The van der Waals surface area contributed by atoms with Gasteiger partial charge in [-0.2, -0.15) is 10.3 Å². The average molecular weight is 771 g/mol. The van der Waals surface area contributed by atoms with E-state index in [1.54, 1.807) is 27.2 Å². The number of carbonyl (C=O) groups is 1. The van der Waals surface area contributed by atoms with E-state index in [0.29, 0.717) is 39.4 Å². The van der Waals surface area contributed by atoms with Crippen LogP contribution in [0.3, 0.4) is 0 Å². The SMILES string of the molecule is COCc1c(Br)c(C)nc(OC[C@@H]2OC(c3cc(I)c(OCc4cccc5ccccc45)c(OC)c3)=NN2C(C)=O)c1C#N.